The first-order chi connectivity index (χ1) is 10.2. The zero-order chi connectivity index (χ0) is 15.1. The Balaban J connectivity index is 1.83. The van der Waals surface area contributed by atoms with Crippen molar-refractivity contribution in [3.63, 3.8) is 0 Å². The Kier molecular flexibility index (Phi) is 5.53. The fourth-order valence-corrected chi connectivity index (χ4v) is 1.71. The number of nitrogens with zero attached hydrogens (tertiary/aromatic N) is 2. The maximum absolute atomic E-state index is 11.2. The highest BCUT2D eigenvalue weighted by atomic mass is 35.5. The van der Waals surface area contributed by atoms with Crippen molar-refractivity contribution in [2.45, 2.75) is 6.42 Å². The smallest absolute Gasteiger partial charge is 0.314 e. The summed E-state index contributed by atoms with van der Waals surface area (Å²) in [7, 11) is 0. The second-order valence-corrected chi connectivity index (χ2v) is 4.61. The van der Waals surface area contributed by atoms with Crippen molar-refractivity contribution in [2.75, 3.05) is 19.7 Å². The monoisotopic (exact) mass is 310 g/mol. The zero-order valence-electron chi connectivity index (χ0n) is 11.2. The quantitative estimate of drug-likeness (QED) is 0.745. The van der Waals surface area contributed by atoms with Crippen LogP contribution in [0.4, 0.5) is 4.79 Å². The Labute approximate surface area is 126 Å². The summed E-state index contributed by atoms with van der Waals surface area (Å²) in [6.07, 6.45) is 0.424. The van der Waals surface area contributed by atoms with Crippen molar-refractivity contribution in [2.24, 2.45) is 0 Å². The molecule has 0 unspecified atom stereocenters. The third-order valence-electron chi connectivity index (χ3n) is 2.59. The molecule has 2 amide bonds. The fourth-order valence-electron chi connectivity index (χ4n) is 1.59. The minimum absolute atomic E-state index is 0.0957. The van der Waals surface area contributed by atoms with Gasteiger partial charge in [-0.15, -0.1) is 0 Å². The number of benzene rings is 1. The SMILES string of the molecule is O=C(NCCO)NCCc1nc(-c2ccc(Cl)cc2)no1. The highest BCUT2D eigenvalue weighted by molar-refractivity contribution is 6.30. The molecule has 0 bridgehead atoms. The Morgan fingerprint density at radius 1 is 1.24 bits per heavy atom. The van der Waals surface area contributed by atoms with Gasteiger partial charge in [0.05, 0.1) is 6.61 Å². The molecule has 0 aliphatic heterocycles. The highest BCUT2D eigenvalue weighted by Gasteiger charge is 2.08. The molecule has 1 aromatic carbocycles. The molecule has 0 fully saturated rings. The fraction of sp³-hybridized carbons (Fsp3) is 0.308. The number of nitrogens with one attached hydrogen (secondary N) is 2. The van der Waals surface area contributed by atoms with E-state index in [2.05, 4.69) is 20.8 Å². The highest BCUT2D eigenvalue weighted by Crippen LogP contribution is 2.18. The lowest BCUT2D eigenvalue weighted by Crippen LogP contribution is -2.37. The number of halogens is 1. The molecule has 0 atom stereocenters. The van der Waals surface area contributed by atoms with Crippen LogP contribution in [0.25, 0.3) is 11.4 Å². The minimum Gasteiger partial charge on any atom is -0.395 e. The predicted molar refractivity (Wildman–Crippen MR) is 76.9 cm³/mol. The van der Waals surface area contributed by atoms with Crippen molar-refractivity contribution >= 4 is 17.6 Å². The molecule has 0 saturated carbocycles. The van der Waals surface area contributed by atoms with Gasteiger partial charge >= 0.3 is 6.03 Å². The van der Waals surface area contributed by atoms with Crippen LogP contribution in [0, 0.1) is 0 Å². The van der Waals surface area contributed by atoms with Gasteiger partial charge in [-0.05, 0) is 24.3 Å². The number of hydrogen-bond donors (Lipinski definition) is 3. The zero-order valence-corrected chi connectivity index (χ0v) is 11.9. The molecule has 2 aromatic rings. The summed E-state index contributed by atoms with van der Waals surface area (Å²) >= 11 is 5.81. The van der Waals surface area contributed by atoms with Crippen LogP contribution in [0.3, 0.4) is 0 Å². The molecule has 112 valence electrons. The maximum atomic E-state index is 11.2. The molecule has 0 aliphatic carbocycles. The van der Waals surface area contributed by atoms with Gasteiger partial charge in [0.25, 0.3) is 0 Å². The minimum atomic E-state index is -0.346. The van der Waals surface area contributed by atoms with Crippen molar-refractivity contribution in [3.8, 4) is 11.4 Å². The Morgan fingerprint density at radius 3 is 2.67 bits per heavy atom. The number of hydrogen-bond acceptors (Lipinski definition) is 5. The molecule has 1 heterocycles. The topological polar surface area (TPSA) is 100 Å². The molecule has 2 rings (SSSR count). The first-order valence-corrected chi connectivity index (χ1v) is 6.78. The van der Waals surface area contributed by atoms with E-state index in [9.17, 15) is 4.79 Å². The van der Waals surface area contributed by atoms with Gasteiger partial charge < -0.3 is 20.3 Å². The van der Waals surface area contributed by atoms with Gasteiger partial charge in [0.15, 0.2) is 0 Å². The maximum Gasteiger partial charge on any atom is 0.314 e. The number of urea groups is 1. The lowest BCUT2D eigenvalue weighted by molar-refractivity contribution is 0.234. The van der Waals surface area contributed by atoms with Crippen LogP contribution in [0.5, 0.6) is 0 Å². The van der Waals surface area contributed by atoms with Crippen LogP contribution in [0.15, 0.2) is 28.8 Å². The molecule has 21 heavy (non-hydrogen) atoms. The van der Waals surface area contributed by atoms with Gasteiger partial charge in [0.1, 0.15) is 0 Å². The number of rotatable bonds is 6. The summed E-state index contributed by atoms with van der Waals surface area (Å²) in [4.78, 5) is 15.5. The summed E-state index contributed by atoms with van der Waals surface area (Å²) in [5.41, 5.74) is 0.808. The van der Waals surface area contributed by atoms with E-state index < -0.39 is 0 Å². The molecule has 0 spiro atoms. The van der Waals surface area contributed by atoms with Gasteiger partial charge in [0.2, 0.25) is 11.7 Å². The third-order valence-corrected chi connectivity index (χ3v) is 2.84. The van der Waals surface area contributed by atoms with Crippen LogP contribution in [0.2, 0.25) is 5.02 Å². The molecule has 7 nitrogen and oxygen atoms in total. The molecule has 0 radical (unpaired) electrons. The molecule has 1 aromatic heterocycles. The van der Waals surface area contributed by atoms with Crippen molar-refractivity contribution < 1.29 is 14.4 Å². The van der Waals surface area contributed by atoms with Gasteiger partial charge in [-0.1, -0.05) is 16.8 Å². The van der Waals surface area contributed by atoms with Crippen molar-refractivity contribution in [3.05, 3.63) is 35.2 Å². The number of amides is 2. The summed E-state index contributed by atoms with van der Waals surface area (Å²) < 4.78 is 5.11. The Morgan fingerprint density at radius 2 is 1.95 bits per heavy atom. The average Bonchev–Trinajstić information content (AvgIpc) is 2.95. The third kappa shape index (κ3) is 4.73. The molecular formula is C13H15ClN4O3. The van der Waals surface area contributed by atoms with Gasteiger partial charge in [-0.3, -0.25) is 0 Å². The van der Waals surface area contributed by atoms with Gasteiger partial charge in [-0.2, -0.15) is 4.98 Å². The summed E-state index contributed by atoms with van der Waals surface area (Å²) in [5.74, 6) is 0.911. The number of aromatic nitrogens is 2. The van der Waals surface area contributed by atoms with Crippen LogP contribution in [0.1, 0.15) is 5.89 Å². The van der Waals surface area contributed by atoms with Gasteiger partial charge in [0, 0.05) is 30.1 Å². The first-order valence-electron chi connectivity index (χ1n) is 6.40. The van der Waals surface area contributed by atoms with Crippen LogP contribution < -0.4 is 10.6 Å². The number of aliphatic hydroxyl groups is 1. The summed E-state index contributed by atoms with van der Waals surface area (Å²) in [6, 6.07) is 6.76. The van der Waals surface area contributed by atoms with E-state index in [0.717, 1.165) is 5.56 Å². The molecule has 8 heteroatoms. The Hall–Kier alpha value is -2.12. The Bertz CT molecular complexity index is 585. The van der Waals surface area contributed by atoms with E-state index in [0.29, 0.717) is 29.7 Å². The second-order valence-electron chi connectivity index (χ2n) is 4.17. The number of carbonyl (C=O) groups excluding carboxylic acids is 1. The largest absolute Gasteiger partial charge is 0.395 e. The van der Waals surface area contributed by atoms with E-state index in [4.69, 9.17) is 21.2 Å². The second kappa shape index (κ2) is 7.61. The lowest BCUT2D eigenvalue weighted by Gasteiger charge is -2.04. The van der Waals surface area contributed by atoms with Crippen LogP contribution in [-0.4, -0.2) is 41.0 Å². The summed E-state index contributed by atoms with van der Waals surface area (Å²) in [5, 5.41) is 18.2. The van der Waals surface area contributed by atoms with Crippen LogP contribution >= 0.6 is 11.6 Å². The predicted octanol–water partition coefficient (Wildman–Crippen LogP) is 1.22. The average molecular weight is 311 g/mol. The van der Waals surface area contributed by atoms with Crippen molar-refractivity contribution in [1.29, 1.82) is 0 Å². The standard InChI is InChI=1S/C13H15ClN4O3/c14-10-3-1-9(2-4-10)12-17-11(21-18-12)5-6-15-13(20)16-7-8-19/h1-4,19H,5-8H2,(H2,15,16,20). The molecule has 3 N–H and O–H groups in total. The van der Waals surface area contributed by atoms with Crippen LogP contribution in [-0.2, 0) is 6.42 Å². The van der Waals surface area contributed by atoms with E-state index in [-0.39, 0.29) is 19.2 Å². The van der Waals surface area contributed by atoms with E-state index >= 15 is 0 Å². The van der Waals surface area contributed by atoms with E-state index in [1.165, 1.54) is 0 Å². The normalized spacial score (nSPS) is 10.4. The van der Waals surface area contributed by atoms with E-state index in [1.54, 1.807) is 24.3 Å². The van der Waals surface area contributed by atoms with Gasteiger partial charge in [-0.25, -0.2) is 4.79 Å². The molecule has 0 aliphatic rings. The van der Waals surface area contributed by atoms with Crippen molar-refractivity contribution in [1.82, 2.24) is 20.8 Å². The molecular weight excluding hydrogens is 296 g/mol. The van der Waals surface area contributed by atoms with E-state index in [1.807, 2.05) is 0 Å². The first kappa shape index (κ1) is 15.3. The number of aliphatic hydroxyl groups excluding tert-OH is 1. The molecule has 0 saturated heterocycles. The lowest BCUT2D eigenvalue weighted by atomic mass is 10.2. The summed E-state index contributed by atoms with van der Waals surface area (Å²) in [6.45, 7) is 0.480. The number of carbonyl (C=O) groups is 1.